The van der Waals surface area contributed by atoms with Gasteiger partial charge < -0.3 is 4.90 Å². The largest absolute Gasteiger partial charge is 0.341 e. The predicted molar refractivity (Wildman–Crippen MR) is 66.0 cm³/mol. The Balaban J connectivity index is 2.70. The van der Waals surface area contributed by atoms with E-state index < -0.39 is 0 Å². The average Bonchev–Trinajstić information content (AvgIpc) is 2.27. The highest BCUT2D eigenvalue weighted by Crippen LogP contribution is 2.24. The first-order valence-electron chi connectivity index (χ1n) is 4.49. The lowest BCUT2D eigenvalue weighted by atomic mass is 10.1. The SMILES string of the molecule is CN(C=S)c1cccc2ccccc12. The fraction of sp³-hybridized carbons (Fsp3) is 0.0833. The summed E-state index contributed by atoms with van der Waals surface area (Å²) in [6.07, 6.45) is 0. The molecule has 0 saturated carbocycles. The molecule has 1 nitrogen and oxygen atoms in total. The minimum atomic E-state index is 1.15. The Kier molecular flexibility index (Phi) is 2.46. The third kappa shape index (κ3) is 1.49. The van der Waals surface area contributed by atoms with Crippen LogP contribution in [0.5, 0.6) is 0 Å². The van der Waals surface area contributed by atoms with Crippen LogP contribution in [-0.2, 0) is 0 Å². The average molecular weight is 201 g/mol. The molecule has 0 amide bonds. The molecule has 0 N–H and O–H groups in total. The summed E-state index contributed by atoms with van der Waals surface area (Å²) in [5.41, 5.74) is 2.81. The van der Waals surface area contributed by atoms with E-state index in [4.69, 9.17) is 12.2 Å². The van der Waals surface area contributed by atoms with E-state index in [2.05, 4.69) is 24.3 Å². The van der Waals surface area contributed by atoms with Crippen molar-refractivity contribution in [1.29, 1.82) is 0 Å². The maximum Gasteiger partial charge on any atom is 0.0682 e. The lowest BCUT2D eigenvalue weighted by molar-refractivity contribution is 1.34. The first kappa shape index (κ1) is 9.16. The van der Waals surface area contributed by atoms with Crippen LogP contribution in [0.25, 0.3) is 10.8 Å². The number of hydrogen-bond acceptors (Lipinski definition) is 1. The number of fused-ring (bicyclic) bond motifs is 1. The second-order valence-electron chi connectivity index (χ2n) is 3.21. The highest BCUT2D eigenvalue weighted by atomic mass is 32.1. The van der Waals surface area contributed by atoms with Crippen LogP contribution < -0.4 is 4.90 Å². The Hall–Kier alpha value is -1.41. The van der Waals surface area contributed by atoms with Crippen LogP contribution in [0.4, 0.5) is 5.69 Å². The van der Waals surface area contributed by atoms with Crippen LogP contribution in [0.1, 0.15) is 0 Å². The van der Waals surface area contributed by atoms with Crippen molar-refractivity contribution < 1.29 is 0 Å². The van der Waals surface area contributed by atoms with Crippen molar-refractivity contribution in [2.45, 2.75) is 0 Å². The highest BCUT2D eigenvalue weighted by molar-refractivity contribution is 7.79. The van der Waals surface area contributed by atoms with E-state index in [1.165, 1.54) is 10.8 Å². The molecule has 0 aromatic heterocycles. The summed E-state index contributed by atoms with van der Waals surface area (Å²) in [5.74, 6) is 0. The maximum atomic E-state index is 4.92. The van der Waals surface area contributed by atoms with Gasteiger partial charge in [-0.05, 0) is 11.5 Å². The van der Waals surface area contributed by atoms with Crippen LogP contribution in [0.3, 0.4) is 0 Å². The van der Waals surface area contributed by atoms with E-state index in [1.807, 2.05) is 30.1 Å². The standard InChI is InChI=1S/C12H11NS/c1-13(9-14)12-8-4-6-10-5-2-3-7-11(10)12/h2-9H,1H3. The van der Waals surface area contributed by atoms with Gasteiger partial charge in [0.25, 0.3) is 0 Å². The summed E-state index contributed by atoms with van der Waals surface area (Å²) in [4.78, 5) is 1.96. The van der Waals surface area contributed by atoms with Crippen molar-refractivity contribution >= 4 is 34.2 Å². The molecule has 0 atom stereocenters. The number of thiocarbonyl (C=S) groups is 1. The van der Waals surface area contributed by atoms with Gasteiger partial charge in [-0.3, -0.25) is 0 Å². The van der Waals surface area contributed by atoms with Crippen molar-refractivity contribution in [3.8, 4) is 0 Å². The smallest absolute Gasteiger partial charge is 0.0682 e. The number of anilines is 1. The summed E-state index contributed by atoms with van der Waals surface area (Å²) in [6.45, 7) is 0. The fourth-order valence-electron chi connectivity index (χ4n) is 1.57. The first-order valence-corrected chi connectivity index (χ1v) is 4.96. The molecule has 0 aliphatic rings. The van der Waals surface area contributed by atoms with Crippen LogP contribution in [0.15, 0.2) is 42.5 Å². The molecule has 2 aromatic carbocycles. The van der Waals surface area contributed by atoms with Crippen molar-refractivity contribution in [3.05, 3.63) is 42.5 Å². The van der Waals surface area contributed by atoms with Gasteiger partial charge in [0.05, 0.1) is 5.49 Å². The minimum Gasteiger partial charge on any atom is -0.341 e. The fourth-order valence-corrected chi connectivity index (χ4v) is 1.69. The molecule has 0 aliphatic carbocycles. The molecule has 0 fully saturated rings. The maximum absolute atomic E-state index is 4.92. The van der Waals surface area contributed by atoms with Gasteiger partial charge in [-0.2, -0.15) is 0 Å². The Labute approximate surface area is 89.0 Å². The zero-order valence-corrected chi connectivity index (χ0v) is 8.79. The summed E-state index contributed by atoms with van der Waals surface area (Å²) < 4.78 is 0. The van der Waals surface area contributed by atoms with Gasteiger partial charge in [0, 0.05) is 18.1 Å². The van der Waals surface area contributed by atoms with Crippen molar-refractivity contribution in [1.82, 2.24) is 0 Å². The molecule has 2 rings (SSSR count). The Morgan fingerprint density at radius 3 is 2.57 bits per heavy atom. The van der Waals surface area contributed by atoms with Crippen LogP contribution >= 0.6 is 12.2 Å². The Morgan fingerprint density at radius 1 is 1.07 bits per heavy atom. The second-order valence-corrected chi connectivity index (χ2v) is 3.43. The van der Waals surface area contributed by atoms with Gasteiger partial charge in [0.15, 0.2) is 0 Å². The van der Waals surface area contributed by atoms with E-state index in [-0.39, 0.29) is 0 Å². The zero-order valence-electron chi connectivity index (χ0n) is 7.97. The summed E-state index contributed by atoms with van der Waals surface area (Å²) in [6, 6.07) is 14.5. The van der Waals surface area contributed by atoms with E-state index in [0.29, 0.717) is 0 Å². The molecule has 2 heteroatoms. The molecule has 0 bridgehead atoms. The minimum absolute atomic E-state index is 1.15. The Morgan fingerprint density at radius 2 is 1.79 bits per heavy atom. The summed E-state index contributed by atoms with van der Waals surface area (Å²) in [5, 5.41) is 2.48. The third-order valence-electron chi connectivity index (χ3n) is 2.30. The van der Waals surface area contributed by atoms with Crippen molar-refractivity contribution in [2.75, 3.05) is 11.9 Å². The predicted octanol–water partition coefficient (Wildman–Crippen LogP) is 3.23. The van der Waals surface area contributed by atoms with E-state index in [9.17, 15) is 0 Å². The molecule has 0 aliphatic heterocycles. The summed E-state index contributed by atoms with van der Waals surface area (Å²) >= 11 is 4.92. The molecule has 70 valence electrons. The number of hydrogen-bond donors (Lipinski definition) is 0. The molecule has 0 unspecified atom stereocenters. The first-order chi connectivity index (χ1) is 6.83. The van der Waals surface area contributed by atoms with E-state index >= 15 is 0 Å². The molecule has 0 saturated heterocycles. The lowest BCUT2D eigenvalue weighted by Gasteiger charge is -2.14. The van der Waals surface area contributed by atoms with Gasteiger partial charge in [0.1, 0.15) is 0 Å². The third-order valence-corrected chi connectivity index (χ3v) is 2.62. The monoisotopic (exact) mass is 201 g/mol. The molecule has 14 heavy (non-hydrogen) atoms. The van der Waals surface area contributed by atoms with Crippen molar-refractivity contribution in [3.63, 3.8) is 0 Å². The van der Waals surface area contributed by atoms with Crippen LogP contribution in [-0.4, -0.2) is 12.5 Å². The molecular weight excluding hydrogens is 190 g/mol. The summed E-state index contributed by atoms with van der Waals surface area (Å²) in [7, 11) is 1.97. The van der Waals surface area contributed by atoms with Gasteiger partial charge in [0.2, 0.25) is 0 Å². The lowest BCUT2D eigenvalue weighted by Crippen LogP contribution is -2.12. The number of nitrogens with zero attached hydrogens (tertiary/aromatic N) is 1. The molecule has 0 radical (unpaired) electrons. The molecule has 0 spiro atoms. The molecular formula is C12H11NS. The van der Waals surface area contributed by atoms with Gasteiger partial charge >= 0.3 is 0 Å². The van der Waals surface area contributed by atoms with Crippen LogP contribution in [0, 0.1) is 0 Å². The van der Waals surface area contributed by atoms with Gasteiger partial charge in [-0.1, -0.05) is 48.6 Å². The number of rotatable bonds is 2. The highest BCUT2D eigenvalue weighted by Gasteiger charge is 2.01. The second kappa shape index (κ2) is 3.76. The topological polar surface area (TPSA) is 3.24 Å². The van der Waals surface area contributed by atoms with Crippen molar-refractivity contribution in [2.24, 2.45) is 0 Å². The zero-order chi connectivity index (χ0) is 9.97. The molecule has 0 heterocycles. The van der Waals surface area contributed by atoms with Gasteiger partial charge in [-0.15, -0.1) is 0 Å². The molecule has 2 aromatic rings. The Bertz CT molecular complexity index is 459. The van der Waals surface area contributed by atoms with Gasteiger partial charge in [-0.25, -0.2) is 0 Å². The van der Waals surface area contributed by atoms with E-state index in [1.54, 1.807) is 5.49 Å². The van der Waals surface area contributed by atoms with E-state index in [0.717, 1.165) is 5.69 Å². The number of benzene rings is 2. The van der Waals surface area contributed by atoms with Crippen LogP contribution in [0.2, 0.25) is 0 Å². The normalized spacial score (nSPS) is 10.1. The quantitative estimate of drug-likeness (QED) is 0.686.